The highest BCUT2D eigenvalue weighted by atomic mass is 79.9. The van der Waals surface area contributed by atoms with Gasteiger partial charge >= 0.3 is 0 Å². The van der Waals surface area contributed by atoms with Crippen LogP contribution < -0.4 is 0 Å². The maximum absolute atomic E-state index is 14.7. The van der Waals surface area contributed by atoms with Crippen molar-refractivity contribution in [2.75, 3.05) is 6.61 Å². The molecule has 0 spiro atoms. The van der Waals surface area contributed by atoms with Crippen molar-refractivity contribution >= 4 is 38.6 Å². The summed E-state index contributed by atoms with van der Waals surface area (Å²) >= 11 is 9.60. The lowest BCUT2D eigenvalue weighted by Gasteiger charge is -2.22. The number of ether oxygens (including phenoxy) is 1. The zero-order chi connectivity index (χ0) is 20.7. The van der Waals surface area contributed by atoms with E-state index in [1.54, 1.807) is 16.9 Å². The molecule has 1 aliphatic heterocycles. The van der Waals surface area contributed by atoms with Crippen LogP contribution in [0.2, 0.25) is 5.02 Å². The van der Waals surface area contributed by atoms with E-state index in [2.05, 4.69) is 20.9 Å². The van der Waals surface area contributed by atoms with Crippen LogP contribution in [0.15, 0.2) is 53.3 Å². The van der Waals surface area contributed by atoms with Gasteiger partial charge in [0.15, 0.2) is 0 Å². The van der Waals surface area contributed by atoms with Crippen molar-refractivity contribution in [2.45, 2.75) is 25.5 Å². The minimum atomic E-state index is -0.388. The van der Waals surface area contributed by atoms with Crippen LogP contribution >= 0.6 is 27.5 Å². The van der Waals surface area contributed by atoms with Crippen LogP contribution in [0.25, 0.3) is 33.5 Å². The number of hydrogen-bond acceptors (Lipinski definition) is 4. The third kappa shape index (κ3) is 3.73. The van der Waals surface area contributed by atoms with Gasteiger partial charge in [0.1, 0.15) is 17.7 Å². The lowest BCUT2D eigenvalue weighted by molar-refractivity contribution is -0.0393. The summed E-state index contributed by atoms with van der Waals surface area (Å²) < 4.78 is 23.2. The van der Waals surface area contributed by atoms with E-state index in [0.717, 1.165) is 34.8 Å². The molecule has 5 nitrogen and oxygen atoms in total. The molecule has 8 heteroatoms. The number of halogens is 3. The maximum Gasteiger partial charge on any atom is 0.150 e. The predicted octanol–water partition coefficient (Wildman–Crippen LogP) is 6.41. The lowest BCUT2D eigenvalue weighted by Crippen LogP contribution is -2.18. The number of rotatable bonds is 3. The number of hydrogen-bond donors (Lipinski definition) is 0. The van der Waals surface area contributed by atoms with Crippen molar-refractivity contribution in [3.8, 4) is 22.5 Å². The first kappa shape index (κ1) is 19.6. The fraction of sp³-hybridized carbons (Fsp3) is 0.227. The third-order valence-electron chi connectivity index (χ3n) is 5.15. The summed E-state index contributed by atoms with van der Waals surface area (Å²) in [5.74, 6) is -0.388. The normalized spacial score (nSPS) is 16.8. The average Bonchev–Trinajstić information content (AvgIpc) is 3.21. The molecule has 1 fully saturated rings. The third-order valence-corrected chi connectivity index (χ3v) is 5.81. The summed E-state index contributed by atoms with van der Waals surface area (Å²) in [5, 5.41) is 5.15. The molecule has 0 radical (unpaired) electrons. The van der Waals surface area contributed by atoms with Gasteiger partial charge in [-0.3, -0.25) is 4.98 Å². The molecule has 1 saturated heterocycles. The summed E-state index contributed by atoms with van der Waals surface area (Å²) in [6.45, 7) is 0.689. The highest BCUT2D eigenvalue weighted by Gasteiger charge is 2.23. The number of nitrogens with zero attached hydrogens (tertiary/aromatic N) is 4. The highest BCUT2D eigenvalue weighted by Crippen LogP contribution is 2.36. The zero-order valence-electron chi connectivity index (χ0n) is 15.9. The minimum absolute atomic E-state index is 0.176. The summed E-state index contributed by atoms with van der Waals surface area (Å²) in [6.07, 6.45) is 6.40. The van der Waals surface area contributed by atoms with Crippen molar-refractivity contribution in [1.82, 2.24) is 19.7 Å². The van der Waals surface area contributed by atoms with Crippen LogP contribution in [0.1, 0.15) is 25.5 Å². The van der Waals surface area contributed by atoms with E-state index in [1.807, 2.05) is 24.4 Å². The molecule has 152 valence electrons. The first-order valence-corrected chi connectivity index (χ1v) is 10.8. The van der Waals surface area contributed by atoms with Crippen molar-refractivity contribution < 1.29 is 9.13 Å². The molecule has 1 aromatic carbocycles. The van der Waals surface area contributed by atoms with Gasteiger partial charge < -0.3 is 4.74 Å². The first-order chi connectivity index (χ1) is 14.6. The van der Waals surface area contributed by atoms with Crippen LogP contribution in [0, 0.1) is 5.82 Å². The van der Waals surface area contributed by atoms with Gasteiger partial charge in [0.2, 0.25) is 0 Å². The van der Waals surface area contributed by atoms with Crippen LogP contribution in [-0.2, 0) is 4.74 Å². The molecule has 1 aliphatic rings. The molecule has 0 bridgehead atoms. The molecule has 1 unspecified atom stereocenters. The summed E-state index contributed by atoms with van der Waals surface area (Å²) in [7, 11) is 0. The van der Waals surface area contributed by atoms with E-state index < -0.39 is 0 Å². The summed E-state index contributed by atoms with van der Waals surface area (Å²) in [4.78, 5) is 9.13. The second kappa shape index (κ2) is 8.06. The summed E-state index contributed by atoms with van der Waals surface area (Å²) in [5.41, 5.74) is 3.73. The van der Waals surface area contributed by atoms with Crippen LogP contribution in [0.4, 0.5) is 4.39 Å². The van der Waals surface area contributed by atoms with Gasteiger partial charge in [-0.05, 0) is 71.6 Å². The van der Waals surface area contributed by atoms with Gasteiger partial charge in [0, 0.05) is 39.6 Å². The molecule has 1 atom stereocenters. The van der Waals surface area contributed by atoms with Crippen molar-refractivity contribution in [1.29, 1.82) is 0 Å². The van der Waals surface area contributed by atoms with Crippen LogP contribution in [-0.4, -0.2) is 26.4 Å². The highest BCUT2D eigenvalue weighted by molar-refractivity contribution is 9.10. The fourth-order valence-electron chi connectivity index (χ4n) is 3.67. The minimum Gasteiger partial charge on any atom is -0.357 e. The van der Waals surface area contributed by atoms with Gasteiger partial charge in [-0.2, -0.15) is 5.10 Å². The Labute approximate surface area is 186 Å². The van der Waals surface area contributed by atoms with Crippen LogP contribution in [0.3, 0.4) is 0 Å². The predicted molar refractivity (Wildman–Crippen MR) is 118 cm³/mol. The molecule has 30 heavy (non-hydrogen) atoms. The Balaban J connectivity index is 1.69. The Kier molecular flexibility index (Phi) is 5.26. The Morgan fingerprint density at radius 1 is 1.10 bits per heavy atom. The van der Waals surface area contributed by atoms with E-state index >= 15 is 0 Å². The van der Waals surface area contributed by atoms with E-state index in [-0.39, 0.29) is 12.0 Å². The average molecular weight is 488 g/mol. The molecule has 5 rings (SSSR count). The standard InChI is InChI=1S/C22H17BrClFN4O/c23-13-9-20-19(26-11-13)7-6-18(27-20)16-12-29(21-3-1-2-8-30-21)28-22(16)15-10-14(24)4-5-17(15)25/h4-7,9-12,21H,1-3,8H2. The maximum atomic E-state index is 14.7. The van der Waals surface area contributed by atoms with E-state index in [0.29, 0.717) is 34.1 Å². The zero-order valence-corrected chi connectivity index (χ0v) is 18.2. The number of fused-ring (bicyclic) bond motifs is 1. The SMILES string of the molecule is Fc1ccc(Cl)cc1-c1nn(C2CCCCO2)cc1-c1ccc2ncc(Br)cc2n1. The van der Waals surface area contributed by atoms with Gasteiger partial charge in [-0.15, -0.1) is 0 Å². The first-order valence-electron chi connectivity index (χ1n) is 9.67. The topological polar surface area (TPSA) is 52.8 Å². The smallest absolute Gasteiger partial charge is 0.150 e. The monoisotopic (exact) mass is 486 g/mol. The van der Waals surface area contributed by atoms with Crippen molar-refractivity contribution in [3.05, 3.63) is 64.1 Å². The second-order valence-corrected chi connectivity index (χ2v) is 8.56. The van der Waals surface area contributed by atoms with Gasteiger partial charge in [0.25, 0.3) is 0 Å². The molecule has 4 heterocycles. The summed E-state index contributed by atoms with van der Waals surface area (Å²) in [6, 6.07) is 10.1. The molecule has 0 N–H and O–H groups in total. The molecule has 0 amide bonds. The Bertz CT molecular complexity index is 1240. The Morgan fingerprint density at radius 3 is 2.83 bits per heavy atom. The number of benzene rings is 1. The van der Waals surface area contributed by atoms with E-state index in [4.69, 9.17) is 26.4 Å². The quantitative estimate of drug-likeness (QED) is 0.335. The molecule has 0 saturated carbocycles. The number of pyridine rings is 2. The molecular formula is C22H17BrClFN4O. The van der Waals surface area contributed by atoms with Crippen LogP contribution in [0.5, 0.6) is 0 Å². The molecule has 0 aliphatic carbocycles. The number of aromatic nitrogens is 4. The second-order valence-electron chi connectivity index (χ2n) is 7.21. The van der Waals surface area contributed by atoms with E-state index in [9.17, 15) is 4.39 Å². The van der Waals surface area contributed by atoms with E-state index in [1.165, 1.54) is 12.1 Å². The van der Waals surface area contributed by atoms with Gasteiger partial charge in [-0.1, -0.05) is 11.6 Å². The Morgan fingerprint density at radius 2 is 2.00 bits per heavy atom. The van der Waals surface area contributed by atoms with Crippen molar-refractivity contribution in [3.63, 3.8) is 0 Å². The largest absolute Gasteiger partial charge is 0.357 e. The van der Waals surface area contributed by atoms with Gasteiger partial charge in [-0.25, -0.2) is 14.1 Å². The van der Waals surface area contributed by atoms with Crippen molar-refractivity contribution in [2.24, 2.45) is 0 Å². The lowest BCUT2D eigenvalue weighted by atomic mass is 10.0. The molecule has 3 aromatic heterocycles. The van der Waals surface area contributed by atoms with Gasteiger partial charge in [0.05, 0.1) is 16.7 Å². The molecular weight excluding hydrogens is 471 g/mol. The Hall–Kier alpha value is -2.35. The fourth-order valence-corrected chi connectivity index (χ4v) is 4.16. The molecule has 4 aromatic rings.